The Bertz CT molecular complexity index is 147. The van der Waals surface area contributed by atoms with E-state index >= 15 is 0 Å². The van der Waals surface area contributed by atoms with Gasteiger partial charge in [0.05, 0.1) is 0 Å². The van der Waals surface area contributed by atoms with Gasteiger partial charge in [-0.3, -0.25) is 0 Å². The molecule has 0 saturated heterocycles. The molecule has 1 unspecified atom stereocenters. The largest absolute Gasteiger partial charge is 0.385 e. The lowest BCUT2D eigenvalue weighted by molar-refractivity contribution is 0.172. The van der Waals surface area contributed by atoms with Crippen LogP contribution in [0.5, 0.6) is 0 Å². The Balaban J connectivity index is 3.74. The highest BCUT2D eigenvalue weighted by Gasteiger charge is 2.12. The van der Waals surface area contributed by atoms with E-state index in [9.17, 15) is 0 Å². The smallest absolute Gasteiger partial charge is 0.0477 e. The fourth-order valence-electron chi connectivity index (χ4n) is 1.86. The summed E-state index contributed by atoms with van der Waals surface area (Å²) in [5.74, 6) is 0.673. The number of nitrogens with one attached hydrogen (secondary N) is 1. The minimum atomic E-state index is 0.579. The molecule has 0 spiro atoms. The zero-order valence-corrected chi connectivity index (χ0v) is 11.8. The molecule has 0 aromatic heterocycles. The van der Waals surface area contributed by atoms with Gasteiger partial charge in [0.15, 0.2) is 0 Å². The van der Waals surface area contributed by atoms with Crippen molar-refractivity contribution in [3.05, 3.63) is 0 Å². The first kappa shape index (κ1) is 15.9. The summed E-state index contributed by atoms with van der Waals surface area (Å²) in [4.78, 5) is 2.45. The molecule has 0 radical (unpaired) electrons. The number of likely N-dealkylation sites (N-methyl/N-ethyl adjacent to an activating group) is 1. The summed E-state index contributed by atoms with van der Waals surface area (Å²) >= 11 is 0. The number of nitrogens with zero attached hydrogens (tertiary/aromatic N) is 1. The van der Waals surface area contributed by atoms with Gasteiger partial charge >= 0.3 is 0 Å². The third-order valence-corrected chi connectivity index (χ3v) is 3.17. The molecule has 0 aromatic carbocycles. The first-order chi connectivity index (χ1) is 7.65. The van der Waals surface area contributed by atoms with Gasteiger partial charge in [0.2, 0.25) is 0 Å². The van der Waals surface area contributed by atoms with E-state index in [2.05, 4.69) is 37.9 Å². The number of hydrogen-bond acceptors (Lipinski definition) is 3. The van der Waals surface area contributed by atoms with E-state index in [1.165, 1.54) is 0 Å². The van der Waals surface area contributed by atoms with Crippen molar-refractivity contribution in [2.45, 2.75) is 40.2 Å². The van der Waals surface area contributed by atoms with Gasteiger partial charge < -0.3 is 15.0 Å². The molecule has 1 atom stereocenters. The van der Waals surface area contributed by atoms with Crippen LogP contribution in [0.2, 0.25) is 0 Å². The van der Waals surface area contributed by atoms with E-state index in [0.717, 1.165) is 39.2 Å². The van der Waals surface area contributed by atoms with Crippen LogP contribution >= 0.6 is 0 Å². The maximum atomic E-state index is 5.14. The third kappa shape index (κ3) is 7.20. The van der Waals surface area contributed by atoms with Gasteiger partial charge in [0, 0.05) is 32.8 Å². The van der Waals surface area contributed by atoms with Crippen LogP contribution in [0.15, 0.2) is 0 Å². The van der Waals surface area contributed by atoms with Gasteiger partial charge in [-0.1, -0.05) is 27.7 Å². The van der Waals surface area contributed by atoms with Gasteiger partial charge in [-0.15, -0.1) is 0 Å². The summed E-state index contributed by atoms with van der Waals surface area (Å²) in [6.45, 7) is 14.3. The number of methoxy groups -OCH3 is 1. The molecule has 0 aliphatic rings. The van der Waals surface area contributed by atoms with Crippen molar-refractivity contribution in [2.75, 3.05) is 39.9 Å². The highest BCUT2D eigenvalue weighted by molar-refractivity contribution is 4.71. The predicted molar refractivity (Wildman–Crippen MR) is 70.9 cm³/mol. The normalized spacial score (nSPS) is 13.7. The van der Waals surface area contributed by atoms with Crippen LogP contribution in [-0.2, 0) is 4.74 Å². The van der Waals surface area contributed by atoms with Gasteiger partial charge in [0.25, 0.3) is 0 Å². The van der Waals surface area contributed by atoms with E-state index in [1.807, 2.05) is 0 Å². The SMILES string of the molecule is CCN(CC)CCNC(CCOC)C(C)C. The Hall–Kier alpha value is -0.120. The summed E-state index contributed by atoms with van der Waals surface area (Å²) in [6.07, 6.45) is 1.10. The minimum Gasteiger partial charge on any atom is -0.385 e. The molecular formula is C13H30N2O. The van der Waals surface area contributed by atoms with Gasteiger partial charge in [0.1, 0.15) is 0 Å². The fourth-order valence-corrected chi connectivity index (χ4v) is 1.86. The molecule has 98 valence electrons. The summed E-state index contributed by atoms with van der Waals surface area (Å²) in [5.41, 5.74) is 0. The quantitative estimate of drug-likeness (QED) is 0.621. The van der Waals surface area contributed by atoms with E-state index in [-0.39, 0.29) is 0 Å². The van der Waals surface area contributed by atoms with E-state index in [0.29, 0.717) is 12.0 Å². The topological polar surface area (TPSA) is 24.5 Å². The van der Waals surface area contributed by atoms with Crippen molar-refractivity contribution in [1.29, 1.82) is 0 Å². The number of ether oxygens (including phenoxy) is 1. The van der Waals surface area contributed by atoms with Gasteiger partial charge in [-0.25, -0.2) is 0 Å². The minimum absolute atomic E-state index is 0.579. The molecule has 0 amide bonds. The second-order valence-electron chi connectivity index (χ2n) is 4.61. The molecule has 3 nitrogen and oxygen atoms in total. The van der Waals surface area contributed by atoms with Gasteiger partial charge in [-0.05, 0) is 25.4 Å². The Morgan fingerprint density at radius 2 is 1.81 bits per heavy atom. The Kier molecular flexibility index (Phi) is 9.99. The van der Waals surface area contributed by atoms with Crippen LogP contribution in [0.3, 0.4) is 0 Å². The summed E-state index contributed by atoms with van der Waals surface area (Å²) in [5, 5.41) is 3.63. The maximum absolute atomic E-state index is 5.14. The standard InChI is InChI=1S/C13H30N2O/c1-6-15(7-2)10-9-14-13(12(3)4)8-11-16-5/h12-14H,6-11H2,1-5H3. The summed E-state index contributed by atoms with van der Waals surface area (Å²) in [7, 11) is 1.77. The molecule has 0 aliphatic carbocycles. The molecule has 3 heteroatoms. The molecule has 0 aromatic rings. The summed E-state index contributed by atoms with van der Waals surface area (Å²) in [6, 6.07) is 0.579. The number of rotatable bonds is 10. The van der Waals surface area contributed by atoms with Crippen LogP contribution < -0.4 is 5.32 Å². The van der Waals surface area contributed by atoms with Crippen LogP contribution in [0.4, 0.5) is 0 Å². The molecule has 0 saturated carbocycles. The molecule has 0 fully saturated rings. The van der Waals surface area contributed by atoms with Crippen LogP contribution in [0.1, 0.15) is 34.1 Å². The third-order valence-electron chi connectivity index (χ3n) is 3.17. The summed E-state index contributed by atoms with van der Waals surface area (Å²) < 4.78 is 5.14. The molecule has 0 bridgehead atoms. The van der Waals surface area contributed by atoms with Crippen LogP contribution in [0.25, 0.3) is 0 Å². The highest BCUT2D eigenvalue weighted by atomic mass is 16.5. The lowest BCUT2D eigenvalue weighted by atomic mass is 10.0. The molecule has 1 N–H and O–H groups in total. The Morgan fingerprint density at radius 1 is 1.19 bits per heavy atom. The van der Waals surface area contributed by atoms with Crippen molar-refractivity contribution in [1.82, 2.24) is 10.2 Å². The van der Waals surface area contributed by atoms with Gasteiger partial charge in [-0.2, -0.15) is 0 Å². The van der Waals surface area contributed by atoms with Crippen LogP contribution in [0, 0.1) is 5.92 Å². The predicted octanol–water partition coefficient (Wildman–Crippen LogP) is 1.98. The van der Waals surface area contributed by atoms with Crippen LogP contribution in [-0.4, -0.2) is 50.8 Å². The van der Waals surface area contributed by atoms with E-state index in [1.54, 1.807) is 7.11 Å². The lowest BCUT2D eigenvalue weighted by Crippen LogP contribution is -2.40. The molecule has 0 heterocycles. The van der Waals surface area contributed by atoms with Crippen molar-refractivity contribution in [3.8, 4) is 0 Å². The average Bonchev–Trinajstić information content (AvgIpc) is 2.28. The van der Waals surface area contributed by atoms with E-state index in [4.69, 9.17) is 4.74 Å². The van der Waals surface area contributed by atoms with Crippen molar-refractivity contribution in [2.24, 2.45) is 5.92 Å². The molecule has 0 aliphatic heterocycles. The second-order valence-corrected chi connectivity index (χ2v) is 4.61. The zero-order chi connectivity index (χ0) is 12.4. The zero-order valence-electron chi connectivity index (χ0n) is 11.8. The molecule has 0 rings (SSSR count). The van der Waals surface area contributed by atoms with E-state index < -0.39 is 0 Å². The monoisotopic (exact) mass is 230 g/mol. The highest BCUT2D eigenvalue weighted by Crippen LogP contribution is 2.05. The lowest BCUT2D eigenvalue weighted by Gasteiger charge is -2.24. The Labute approximate surface area is 102 Å². The first-order valence-corrected chi connectivity index (χ1v) is 6.60. The average molecular weight is 230 g/mol. The second kappa shape index (κ2) is 10.1. The maximum Gasteiger partial charge on any atom is 0.0477 e. The first-order valence-electron chi connectivity index (χ1n) is 6.60. The Morgan fingerprint density at radius 3 is 2.25 bits per heavy atom. The van der Waals surface area contributed by atoms with Crippen molar-refractivity contribution < 1.29 is 4.74 Å². The number of hydrogen-bond donors (Lipinski definition) is 1. The van der Waals surface area contributed by atoms with Crippen molar-refractivity contribution >= 4 is 0 Å². The molecule has 16 heavy (non-hydrogen) atoms. The fraction of sp³-hybridized carbons (Fsp3) is 1.00. The molecular weight excluding hydrogens is 200 g/mol. The van der Waals surface area contributed by atoms with Crippen molar-refractivity contribution in [3.63, 3.8) is 0 Å².